The van der Waals surface area contributed by atoms with Crippen LogP contribution in [0.4, 0.5) is 0 Å². The van der Waals surface area contributed by atoms with Gasteiger partial charge in [0.2, 0.25) is 0 Å². The third-order valence-corrected chi connectivity index (χ3v) is 4.51. The first-order chi connectivity index (χ1) is 8.86. The van der Waals surface area contributed by atoms with Crippen LogP contribution >= 0.6 is 0 Å². The molecule has 0 saturated heterocycles. The van der Waals surface area contributed by atoms with Crippen LogP contribution in [0.2, 0.25) is 0 Å². The predicted molar refractivity (Wildman–Crippen MR) is 75.2 cm³/mol. The van der Waals surface area contributed by atoms with E-state index in [1.165, 1.54) is 12.1 Å². The quantitative estimate of drug-likeness (QED) is 0.587. The Morgan fingerprint density at radius 3 is 2.74 bits per heavy atom. The number of rotatable bonds is 7. The van der Waals surface area contributed by atoms with E-state index in [-0.39, 0.29) is 29.2 Å². The maximum Gasteiger partial charge on any atom is 0.180 e. The third-order valence-electron chi connectivity index (χ3n) is 2.83. The predicted octanol–water partition coefficient (Wildman–Crippen LogP) is 1.56. The molecule has 0 fully saturated rings. The Morgan fingerprint density at radius 1 is 1.47 bits per heavy atom. The van der Waals surface area contributed by atoms with E-state index in [1.807, 2.05) is 13.8 Å². The van der Waals surface area contributed by atoms with E-state index in [4.69, 9.17) is 15.9 Å². The highest BCUT2D eigenvalue weighted by Gasteiger charge is 2.15. The molecule has 6 heteroatoms. The maximum absolute atomic E-state index is 12.1. The minimum absolute atomic E-state index is 0.0544. The molecule has 106 valence electrons. The number of sulfone groups is 1. The fourth-order valence-corrected chi connectivity index (χ4v) is 2.60. The molecule has 0 saturated carbocycles. The van der Waals surface area contributed by atoms with Gasteiger partial charge < -0.3 is 10.5 Å². The number of nitrogens with two attached hydrogens (primary N) is 1. The molecule has 3 N–H and O–H groups in total. The first-order valence-corrected chi connectivity index (χ1v) is 7.81. The lowest BCUT2D eigenvalue weighted by Crippen LogP contribution is -2.17. The summed E-state index contributed by atoms with van der Waals surface area (Å²) in [5, 5.41) is 7.31. The van der Waals surface area contributed by atoms with E-state index in [9.17, 15) is 8.42 Å². The summed E-state index contributed by atoms with van der Waals surface area (Å²) in [5.41, 5.74) is 5.75. The molecule has 0 radical (unpaired) electrons. The molecule has 5 nitrogen and oxygen atoms in total. The number of nitrogen functional groups attached to an aromatic ring is 1. The molecular formula is C13H20N2O3S. The zero-order valence-corrected chi connectivity index (χ0v) is 12.0. The van der Waals surface area contributed by atoms with Crippen molar-refractivity contribution in [2.24, 2.45) is 5.73 Å². The Kier molecular flexibility index (Phi) is 5.50. The first kappa shape index (κ1) is 15.7. The van der Waals surface area contributed by atoms with E-state index in [0.717, 1.165) is 6.42 Å². The second-order valence-corrected chi connectivity index (χ2v) is 6.46. The highest BCUT2D eigenvalue weighted by atomic mass is 32.2. The Labute approximate surface area is 114 Å². The zero-order chi connectivity index (χ0) is 14.5. The molecule has 0 amide bonds. The Morgan fingerprint density at radius 2 is 2.16 bits per heavy atom. The van der Waals surface area contributed by atoms with Crippen molar-refractivity contribution < 1.29 is 13.2 Å². The summed E-state index contributed by atoms with van der Waals surface area (Å²) in [7, 11) is -3.40. The second-order valence-electron chi connectivity index (χ2n) is 4.35. The van der Waals surface area contributed by atoms with Gasteiger partial charge in [-0.25, -0.2) is 8.42 Å². The van der Waals surface area contributed by atoms with Crippen LogP contribution in [0.5, 0.6) is 0 Å². The van der Waals surface area contributed by atoms with Crippen molar-refractivity contribution in [1.29, 1.82) is 5.41 Å². The normalized spacial score (nSPS) is 13.2. The number of hydrogen-bond acceptors (Lipinski definition) is 4. The van der Waals surface area contributed by atoms with Gasteiger partial charge in [-0.2, -0.15) is 0 Å². The molecule has 1 atom stereocenters. The monoisotopic (exact) mass is 284 g/mol. The number of nitrogens with one attached hydrogen (secondary N) is 1. The lowest BCUT2D eigenvalue weighted by molar-refractivity contribution is 0.0752. The van der Waals surface area contributed by atoms with Crippen LogP contribution < -0.4 is 5.73 Å². The molecule has 19 heavy (non-hydrogen) atoms. The van der Waals surface area contributed by atoms with Crippen molar-refractivity contribution in [2.45, 2.75) is 31.3 Å². The number of hydrogen-bond donors (Lipinski definition) is 2. The van der Waals surface area contributed by atoms with Crippen molar-refractivity contribution >= 4 is 15.7 Å². The lowest BCUT2D eigenvalue weighted by Gasteiger charge is -2.11. The summed E-state index contributed by atoms with van der Waals surface area (Å²) >= 11 is 0. The number of ether oxygens (including phenoxy) is 1. The molecule has 0 bridgehead atoms. The van der Waals surface area contributed by atoms with Crippen molar-refractivity contribution in [3.63, 3.8) is 0 Å². The van der Waals surface area contributed by atoms with Gasteiger partial charge in [-0.1, -0.05) is 19.1 Å². The Hall–Kier alpha value is -1.40. The fraction of sp³-hybridized carbons (Fsp3) is 0.462. The van der Waals surface area contributed by atoms with Gasteiger partial charge in [-0.05, 0) is 25.5 Å². The molecule has 1 aromatic rings. The van der Waals surface area contributed by atoms with Crippen LogP contribution in [0.15, 0.2) is 29.2 Å². The Bertz CT molecular complexity index is 541. The second kappa shape index (κ2) is 6.68. The van der Waals surface area contributed by atoms with Gasteiger partial charge in [0.15, 0.2) is 9.84 Å². The SMILES string of the molecule is CCC(C)OCCS(=O)(=O)c1cccc(C(=N)N)c1. The molecule has 0 spiro atoms. The lowest BCUT2D eigenvalue weighted by atomic mass is 10.2. The molecule has 1 rings (SSSR count). The van der Waals surface area contributed by atoms with Gasteiger partial charge in [0.1, 0.15) is 5.84 Å². The third kappa shape index (κ3) is 4.65. The maximum atomic E-state index is 12.1. The average molecular weight is 284 g/mol. The number of benzene rings is 1. The molecule has 0 aromatic heterocycles. The van der Waals surface area contributed by atoms with Crippen LogP contribution in [0.3, 0.4) is 0 Å². The van der Waals surface area contributed by atoms with Gasteiger partial charge >= 0.3 is 0 Å². The number of amidine groups is 1. The summed E-state index contributed by atoms with van der Waals surface area (Å²) in [4.78, 5) is 0.174. The van der Waals surface area contributed by atoms with Crippen LogP contribution in [-0.2, 0) is 14.6 Å². The van der Waals surface area contributed by atoms with Crippen molar-refractivity contribution in [3.05, 3.63) is 29.8 Å². The summed E-state index contributed by atoms with van der Waals surface area (Å²) in [6, 6.07) is 6.11. The minimum atomic E-state index is -3.40. The van der Waals surface area contributed by atoms with Crippen LogP contribution in [0, 0.1) is 5.41 Å². The van der Waals surface area contributed by atoms with E-state index >= 15 is 0 Å². The zero-order valence-electron chi connectivity index (χ0n) is 11.2. The summed E-state index contributed by atoms with van der Waals surface area (Å²) < 4.78 is 29.6. The summed E-state index contributed by atoms with van der Waals surface area (Å²) in [5.74, 6) is -0.216. The minimum Gasteiger partial charge on any atom is -0.384 e. The molecule has 0 aliphatic carbocycles. The van der Waals surface area contributed by atoms with E-state index < -0.39 is 9.84 Å². The summed E-state index contributed by atoms with van der Waals surface area (Å²) in [6.45, 7) is 4.06. The summed E-state index contributed by atoms with van der Waals surface area (Å²) in [6.07, 6.45) is 0.901. The Balaban J connectivity index is 2.77. The van der Waals surface area contributed by atoms with E-state index in [0.29, 0.717) is 5.56 Å². The van der Waals surface area contributed by atoms with E-state index in [1.54, 1.807) is 12.1 Å². The molecular weight excluding hydrogens is 264 g/mol. The molecule has 1 aromatic carbocycles. The van der Waals surface area contributed by atoms with E-state index in [2.05, 4.69) is 0 Å². The smallest absolute Gasteiger partial charge is 0.180 e. The van der Waals surface area contributed by atoms with Gasteiger partial charge in [0.05, 0.1) is 23.4 Å². The van der Waals surface area contributed by atoms with Gasteiger partial charge in [0.25, 0.3) is 0 Å². The van der Waals surface area contributed by atoms with Gasteiger partial charge in [-0.3, -0.25) is 5.41 Å². The molecule has 0 aliphatic heterocycles. The standard InChI is InChI=1S/C13H20N2O3S/c1-3-10(2)18-7-8-19(16,17)12-6-4-5-11(9-12)13(14)15/h4-6,9-10H,3,7-8H2,1-2H3,(H3,14,15). The van der Waals surface area contributed by atoms with Crippen LogP contribution in [0.1, 0.15) is 25.8 Å². The molecule has 0 aliphatic rings. The topological polar surface area (TPSA) is 93.2 Å². The van der Waals surface area contributed by atoms with Crippen molar-refractivity contribution in [2.75, 3.05) is 12.4 Å². The van der Waals surface area contributed by atoms with Gasteiger partial charge in [-0.15, -0.1) is 0 Å². The highest BCUT2D eigenvalue weighted by molar-refractivity contribution is 7.91. The van der Waals surface area contributed by atoms with Crippen LogP contribution in [-0.4, -0.2) is 32.7 Å². The molecule has 0 heterocycles. The van der Waals surface area contributed by atoms with Crippen molar-refractivity contribution in [1.82, 2.24) is 0 Å². The fourth-order valence-electron chi connectivity index (χ4n) is 1.45. The molecule has 1 unspecified atom stereocenters. The van der Waals surface area contributed by atoms with Crippen LogP contribution in [0.25, 0.3) is 0 Å². The highest BCUT2D eigenvalue weighted by Crippen LogP contribution is 2.13. The first-order valence-electron chi connectivity index (χ1n) is 6.15. The average Bonchev–Trinajstić information content (AvgIpc) is 2.38. The van der Waals surface area contributed by atoms with Crippen molar-refractivity contribution in [3.8, 4) is 0 Å². The van der Waals surface area contributed by atoms with Gasteiger partial charge in [0, 0.05) is 5.56 Å². The largest absolute Gasteiger partial charge is 0.384 e.